The maximum atomic E-state index is 10.7. The average Bonchev–Trinajstić information content (AvgIpc) is 2.01. The van der Waals surface area contributed by atoms with Crippen LogP contribution < -0.4 is 0 Å². The van der Waals surface area contributed by atoms with Gasteiger partial charge in [-0.15, -0.1) is 0 Å². The fourth-order valence-corrected chi connectivity index (χ4v) is 0.535. The molecule has 0 aromatic heterocycles. The smallest absolute Gasteiger partial charge is 0.330 e. The molecule has 2 heteroatoms. The van der Waals surface area contributed by atoms with E-state index >= 15 is 0 Å². The van der Waals surface area contributed by atoms with E-state index in [9.17, 15) is 4.79 Å². The van der Waals surface area contributed by atoms with E-state index in [1.807, 2.05) is 6.08 Å². The SMILES string of the molecule is C=CCOC(=O)/C=C/CCC. The van der Waals surface area contributed by atoms with E-state index in [0.717, 1.165) is 12.8 Å². The highest BCUT2D eigenvalue weighted by Gasteiger charge is 1.91. The molecule has 62 valence electrons. The second-order valence-corrected chi connectivity index (χ2v) is 2.11. The molecule has 2 nitrogen and oxygen atoms in total. The van der Waals surface area contributed by atoms with Crippen LogP contribution in [0.4, 0.5) is 0 Å². The Morgan fingerprint density at radius 1 is 1.64 bits per heavy atom. The monoisotopic (exact) mass is 154 g/mol. The van der Waals surface area contributed by atoms with Gasteiger partial charge in [-0.25, -0.2) is 4.79 Å². The molecule has 0 saturated carbocycles. The van der Waals surface area contributed by atoms with E-state index in [4.69, 9.17) is 4.74 Å². The molecule has 0 rings (SSSR count). The van der Waals surface area contributed by atoms with Crippen molar-refractivity contribution in [1.29, 1.82) is 0 Å². The van der Waals surface area contributed by atoms with Gasteiger partial charge in [-0.2, -0.15) is 0 Å². The number of carbonyl (C=O) groups excluding carboxylic acids is 1. The lowest BCUT2D eigenvalue weighted by Crippen LogP contribution is -1.99. The Labute approximate surface area is 67.6 Å². The zero-order chi connectivity index (χ0) is 8.53. The summed E-state index contributed by atoms with van der Waals surface area (Å²) in [6.45, 7) is 5.77. The molecular weight excluding hydrogens is 140 g/mol. The lowest BCUT2D eigenvalue weighted by atomic mass is 10.3. The number of carbonyl (C=O) groups is 1. The maximum Gasteiger partial charge on any atom is 0.330 e. The topological polar surface area (TPSA) is 26.3 Å². The Morgan fingerprint density at radius 3 is 2.91 bits per heavy atom. The van der Waals surface area contributed by atoms with Crippen LogP contribution in [-0.4, -0.2) is 12.6 Å². The van der Waals surface area contributed by atoms with Crippen molar-refractivity contribution in [2.45, 2.75) is 19.8 Å². The van der Waals surface area contributed by atoms with Gasteiger partial charge in [0, 0.05) is 6.08 Å². The lowest BCUT2D eigenvalue weighted by molar-refractivity contribution is -0.136. The van der Waals surface area contributed by atoms with Gasteiger partial charge < -0.3 is 4.74 Å². The summed E-state index contributed by atoms with van der Waals surface area (Å²) in [5.74, 6) is -0.293. The van der Waals surface area contributed by atoms with Crippen molar-refractivity contribution in [3.05, 3.63) is 24.8 Å². The maximum absolute atomic E-state index is 10.7. The molecule has 0 saturated heterocycles. The van der Waals surface area contributed by atoms with Crippen molar-refractivity contribution < 1.29 is 9.53 Å². The van der Waals surface area contributed by atoms with Crippen molar-refractivity contribution in [2.75, 3.05) is 6.61 Å². The van der Waals surface area contributed by atoms with Gasteiger partial charge in [-0.1, -0.05) is 32.1 Å². The van der Waals surface area contributed by atoms with Gasteiger partial charge in [0.05, 0.1) is 0 Å². The van der Waals surface area contributed by atoms with Crippen LogP contribution in [-0.2, 0) is 9.53 Å². The summed E-state index contributed by atoms with van der Waals surface area (Å²) < 4.78 is 4.69. The molecule has 0 unspecified atom stereocenters. The molecule has 0 aliphatic heterocycles. The molecule has 0 amide bonds. The van der Waals surface area contributed by atoms with E-state index in [0.29, 0.717) is 0 Å². The van der Waals surface area contributed by atoms with Crippen LogP contribution in [0.15, 0.2) is 24.8 Å². The third-order valence-corrected chi connectivity index (χ3v) is 1.05. The molecule has 0 spiro atoms. The summed E-state index contributed by atoms with van der Waals surface area (Å²) in [6.07, 6.45) is 6.78. The van der Waals surface area contributed by atoms with Crippen LogP contribution in [0.25, 0.3) is 0 Å². The third kappa shape index (κ3) is 6.84. The summed E-state index contributed by atoms with van der Waals surface area (Å²) in [6, 6.07) is 0. The Balaban J connectivity index is 3.42. The predicted molar refractivity (Wildman–Crippen MR) is 45.2 cm³/mol. The Bertz CT molecular complexity index is 148. The summed E-state index contributed by atoms with van der Waals surface area (Å²) in [7, 11) is 0. The number of unbranched alkanes of at least 4 members (excludes halogenated alkanes) is 1. The van der Waals surface area contributed by atoms with E-state index in [-0.39, 0.29) is 12.6 Å². The summed E-state index contributed by atoms with van der Waals surface area (Å²) >= 11 is 0. The quantitative estimate of drug-likeness (QED) is 0.344. The first kappa shape index (κ1) is 9.95. The first-order valence-corrected chi connectivity index (χ1v) is 3.75. The van der Waals surface area contributed by atoms with Gasteiger partial charge in [0.1, 0.15) is 6.61 Å². The van der Waals surface area contributed by atoms with Crippen molar-refractivity contribution in [3.63, 3.8) is 0 Å². The van der Waals surface area contributed by atoms with Gasteiger partial charge in [0.15, 0.2) is 0 Å². The van der Waals surface area contributed by atoms with Crippen LogP contribution in [0, 0.1) is 0 Å². The second-order valence-electron chi connectivity index (χ2n) is 2.11. The minimum absolute atomic E-state index is 0.287. The van der Waals surface area contributed by atoms with Crippen LogP contribution in [0.3, 0.4) is 0 Å². The molecule has 0 bridgehead atoms. The van der Waals surface area contributed by atoms with Gasteiger partial charge >= 0.3 is 5.97 Å². The minimum atomic E-state index is -0.293. The van der Waals surface area contributed by atoms with E-state index in [1.165, 1.54) is 6.08 Å². The highest BCUT2D eigenvalue weighted by atomic mass is 16.5. The fourth-order valence-electron chi connectivity index (χ4n) is 0.535. The number of hydrogen-bond acceptors (Lipinski definition) is 2. The molecule has 0 heterocycles. The van der Waals surface area contributed by atoms with Crippen molar-refractivity contribution in [2.24, 2.45) is 0 Å². The fraction of sp³-hybridized carbons (Fsp3) is 0.444. The largest absolute Gasteiger partial charge is 0.458 e. The molecule has 0 aromatic rings. The number of hydrogen-bond donors (Lipinski definition) is 0. The standard InChI is InChI=1S/C9H14O2/c1-3-5-6-7-9(10)11-8-4-2/h4,6-7H,2-3,5,8H2,1H3/b7-6+. The van der Waals surface area contributed by atoms with Crippen LogP contribution in [0.5, 0.6) is 0 Å². The van der Waals surface area contributed by atoms with Crippen LogP contribution in [0.2, 0.25) is 0 Å². The van der Waals surface area contributed by atoms with Gasteiger partial charge in [-0.3, -0.25) is 0 Å². The minimum Gasteiger partial charge on any atom is -0.458 e. The molecule has 0 atom stereocenters. The highest BCUT2D eigenvalue weighted by Crippen LogP contribution is 1.89. The molecule has 11 heavy (non-hydrogen) atoms. The summed E-state index contributed by atoms with van der Waals surface area (Å²) in [5.41, 5.74) is 0. The number of rotatable bonds is 5. The average molecular weight is 154 g/mol. The van der Waals surface area contributed by atoms with Crippen LogP contribution >= 0.6 is 0 Å². The predicted octanol–water partition coefficient (Wildman–Crippen LogP) is 2.07. The molecule has 0 radical (unpaired) electrons. The zero-order valence-corrected chi connectivity index (χ0v) is 6.88. The van der Waals surface area contributed by atoms with Gasteiger partial charge in [0.25, 0.3) is 0 Å². The molecule has 0 aliphatic rings. The van der Waals surface area contributed by atoms with Gasteiger partial charge in [0.2, 0.25) is 0 Å². The molecular formula is C9H14O2. The first-order valence-electron chi connectivity index (χ1n) is 3.75. The lowest BCUT2D eigenvalue weighted by Gasteiger charge is -1.94. The Kier molecular flexibility index (Phi) is 6.39. The van der Waals surface area contributed by atoms with Gasteiger partial charge in [-0.05, 0) is 6.42 Å². The second kappa shape index (κ2) is 7.06. The van der Waals surface area contributed by atoms with Crippen molar-refractivity contribution >= 4 is 5.97 Å². The van der Waals surface area contributed by atoms with Crippen LogP contribution in [0.1, 0.15) is 19.8 Å². The number of ether oxygens (including phenoxy) is 1. The van der Waals surface area contributed by atoms with E-state index in [2.05, 4.69) is 13.5 Å². The first-order chi connectivity index (χ1) is 5.31. The summed E-state index contributed by atoms with van der Waals surface area (Å²) in [5, 5.41) is 0. The number of esters is 1. The zero-order valence-electron chi connectivity index (χ0n) is 6.88. The molecule has 0 fully saturated rings. The Hall–Kier alpha value is -1.05. The molecule has 0 aliphatic carbocycles. The van der Waals surface area contributed by atoms with Crippen molar-refractivity contribution in [3.8, 4) is 0 Å². The normalized spacial score (nSPS) is 9.91. The third-order valence-electron chi connectivity index (χ3n) is 1.05. The molecule has 0 N–H and O–H groups in total. The van der Waals surface area contributed by atoms with E-state index in [1.54, 1.807) is 6.08 Å². The van der Waals surface area contributed by atoms with E-state index < -0.39 is 0 Å². The Morgan fingerprint density at radius 2 is 2.36 bits per heavy atom. The molecule has 0 aromatic carbocycles. The summed E-state index contributed by atoms with van der Waals surface area (Å²) in [4.78, 5) is 10.7. The number of allylic oxidation sites excluding steroid dienone is 1. The van der Waals surface area contributed by atoms with Crippen molar-refractivity contribution in [1.82, 2.24) is 0 Å². The highest BCUT2D eigenvalue weighted by molar-refractivity contribution is 5.81.